The Morgan fingerprint density at radius 3 is 2.75 bits per heavy atom. The van der Waals surface area contributed by atoms with E-state index in [9.17, 15) is 9.59 Å². The minimum Gasteiger partial charge on any atom is -0.383 e. The molecule has 1 aromatic rings. The molecule has 2 rings (SSSR count). The van der Waals surface area contributed by atoms with E-state index in [2.05, 4.69) is 0 Å². The molecule has 1 aliphatic heterocycles. The molecule has 1 aliphatic rings. The van der Waals surface area contributed by atoms with Crippen LogP contribution < -0.4 is 0 Å². The summed E-state index contributed by atoms with van der Waals surface area (Å²) in [6, 6.07) is 5.35. The van der Waals surface area contributed by atoms with Crippen LogP contribution in [0.4, 0.5) is 0 Å². The molecule has 0 N–H and O–H groups in total. The van der Waals surface area contributed by atoms with Gasteiger partial charge in [-0.15, -0.1) is 0 Å². The fourth-order valence-electron chi connectivity index (χ4n) is 2.82. The topological polar surface area (TPSA) is 49.9 Å². The van der Waals surface area contributed by atoms with Crippen molar-refractivity contribution in [2.75, 3.05) is 33.4 Å². The number of ether oxygens (including phenoxy) is 1. The van der Waals surface area contributed by atoms with Crippen LogP contribution in [0, 0.1) is 5.92 Å². The second-order valence-corrected chi connectivity index (χ2v) is 6.65. The number of likely N-dealkylation sites (tertiary alicyclic amines) is 1. The number of rotatable bonds is 7. The van der Waals surface area contributed by atoms with Gasteiger partial charge in [-0.25, -0.2) is 0 Å². The molecule has 1 atom stereocenters. The molecule has 7 heteroatoms. The molecule has 0 saturated carbocycles. The van der Waals surface area contributed by atoms with E-state index >= 15 is 0 Å². The summed E-state index contributed by atoms with van der Waals surface area (Å²) in [4.78, 5) is 28.2. The van der Waals surface area contributed by atoms with E-state index in [0.717, 1.165) is 5.56 Å². The average Bonchev–Trinajstić information content (AvgIpc) is 2.94. The fourth-order valence-corrected chi connectivity index (χ4v) is 3.14. The first-order chi connectivity index (χ1) is 11.5. The van der Waals surface area contributed by atoms with Crippen LogP contribution in [-0.4, -0.2) is 55.0 Å². The molecule has 1 saturated heterocycles. The van der Waals surface area contributed by atoms with Gasteiger partial charge in [0, 0.05) is 39.7 Å². The molecule has 24 heavy (non-hydrogen) atoms. The van der Waals surface area contributed by atoms with Crippen molar-refractivity contribution in [2.24, 2.45) is 5.92 Å². The van der Waals surface area contributed by atoms with Gasteiger partial charge < -0.3 is 14.5 Å². The highest BCUT2D eigenvalue weighted by Crippen LogP contribution is 2.25. The lowest BCUT2D eigenvalue weighted by Crippen LogP contribution is -2.37. The molecule has 1 fully saturated rings. The summed E-state index contributed by atoms with van der Waals surface area (Å²) in [6.07, 6.45) is 0.264. The lowest BCUT2D eigenvalue weighted by atomic mass is 10.1. The predicted molar refractivity (Wildman–Crippen MR) is 94.1 cm³/mol. The van der Waals surface area contributed by atoms with Crippen LogP contribution in [0.1, 0.15) is 18.9 Å². The van der Waals surface area contributed by atoms with Crippen molar-refractivity contribution in [3.8, 4) is 0 Å². The van der Waals surface area contributed by atoms with E-state index in [1.165, 1.54) is 0 Å². The number of benzene rings is 1. The van der Waals surface area contributed by atoms with Crippen molar-refractivity contribution < 1.29 is 14.3 Å². The zero-order valence-electron chi connectivity index (χ0n) is 13.9. The van der Waals surface area contributed by atoms with Crippen molar-refractivity contribution in [1.29, 1.82) is 0 Å². The lowest BCUT2D eigenvalue weighted by Gasteiger charge is -2.24. The maximum atomic E-state index is 12.8. The van der Waals surface area contributed by atoms with E-state index in [1.807, 2.05) is 13.0 Å². The molecular formula is C17H22Cl2N2O3. The first-order valence-corrected chi connectivity index (χ1v) is 8.71. The highest BCUT2D eigenvalue weighted by atomic mass is 35.5. The van der Waals surface area contributed by atoms with Gasteiger partial charge in [0.15, 0.2) is 0 Å². The smallest absolute Gasteiger partial charge is 0.228 e. The summed E-state index contributed by atoms with van der Waals surface area (Å²) in [7, 11) is 1.60. The Morgan fingerprint density at radius 2 is 2.12 bits per heavy atom. The number of carbonyl (C=O) groups excluding carboxylic acids is 2. The Hall–Kier alpha value is -1.30. The van der Waals surface area contributed by atoms with E-state index in [4.69, 9.17) is 27.9 Å². The minimum absolute atomic E-state index is 0.00293. The number of halogens is 2. The molecule has 132 valence electrons. The number of amides is 2. The summed E-state index contributed by atoms with van der Waals surface area (Å²) < 4.78 is 5.00. The summed E-state index contributed by atoms with van der Waals surface area (Å²) in [6.45, 7) is 4.41. The summed E-state index contributed by atoms with van der Waals surface area (Å²) in [5.74, 6) is -0.287. The second-order valence-electron chi connectivity index (χ2n) is 5.83. The molecule has 0 bridgehead atoms. The van der Waals surface area contributed by atoms with Crippen molar-refractivity contribution >= 4 is 35.0 Å². The van der Waals surface area contributed by atoms with Crippen LogP contribution in [0.15, 0.2) is 18.2 Å². The van der Waals surface area contributed by atoms with Gasteiger partial charge in [-0.1, -0.05) is 29.3 Å². The van der Waals surface area contributed by atoms with Crippen LogP contribution in [0.3, 0.4) is 0 Å². The van der Waals surface area contributed by atoms with Crippen molar-refractivity contribution in [3.05, 3.63) is 33.8 Å². The first kappa shape index (κ1) is 19.0. The monoisotopic (exact) mass is 372 g/mol. The molecule has 0 aromatic heterocycles. The molecule has 0 aliphatic carbocycles. The van der Waals surface area contributed by atoms with Gasteiger partial charge in [0.05, 0.1) is 22.6 Å². The largest absolute Gasteiger partial charge is 0.383 e. The van der Waals surface area contributed by atoms with E-state index in [0.29, 0.717) is 42.8 Å². The van der Waals surface area contributed by atoms with E-state index in [-0.39, 0.29) is 24.2 Å². The van der Waals surface area contributed by atoms with Gasteiger partial charge in [0.25, 0.3) is 0 Å². The average molecular weight is 373 g/mol. The number of nitrogens with zero attached hydrogens (tertiary/aromatic N) is 2. The third kappa shape index (κ3) is 4.62. The van der Waals surface area contributed by atoms with Gasteiger partial charge in [-0.3, -0.25) is 9.59 Å². The number of hydrogen-bond donors (Lipinski definition) is 0. The highest BCUT2D eigenvalue weighted by Gasteiger charge is 2.35. The van der Waals surface area contributed by atoms with Crippen LogP contribution in [-0.2, 0) is 20.9 Å². The third-order valence-corrected chi connectivity index (χ3v) is 4.92. The van der Waals surface area contributed by atoms with Gasteiger partial charge in [0.1, 0.15) is 0 Å². The van der Waals surface area contributed by atoms with Gasteiger partial charge in [-0.2, -0.15) is 0 Å². The van der Waals surface area contributed by atoms with Gasteiger partial charge in [0.2, 0.25) is 11.8 Å². The van der Waals surface area contributed by atoms with Crippen molar-refractivity contribution in [1.82, 2.24) is 9.80 Å². The number of hydrogen-bond acceptors (Lipinski definition) is 3. The zero-order chi connectivity index (χ0) is 17.7. The second kappa shape index (κ2) is 8.70. The summed E-state index contributed by atoms with van der Waals surface area (Å²) >= 11 is 12.0. The zero-order valence-corrected chi connectivity index (χ0v) is 15.4. The number of carbonyl (C=O) groups is 2. The van der Waals surface area contributed by atoms with Crippen LogP contribution in [0.5, 0.6) is 0 Å². The molecule has 0 spiro atoms. The Labute approximate surface area is 152 Å². The van der Waals surface area contributed by atoms with Crippen molar-refractivity contribution in [2.45, 2.75) is 19.9 Å². The van der Waals surface area contributed by atoms with Gasteiger partial charge in [-0.05, 0) is 24.6 Å². The Kier molecular flexibility index (Phi) is 6.90. The molecule has 5 nitrogen and oxygen atoms in total. The van der Waals surface area contributed by atoms with Crippen LogP contribution in [0.2, 0.25) is 10.0 Å². The quantitative estimate of drug-likeness (QED) is 0.739. The molecule has 2 amide bonds. The Balaban J connectivity index is 2.01. The van der Waals surface area contributed by atoms with E-state index in [1.54, 1.807) is 29.0 Å². The Bertz CT molecular complexity index is 609. The number of methoxy groups -OCH3 is 1. The molecular weight excluding hydrogens is 351 g/mol. The molecule has 1 aromatic carbocycles. The molecule has 1 unspecified atom stereocenters. The minimum atomic E-state index is -0.294. The first-order valence-electron chi connectivity index (χ1n) is 7.95. The van der Waals surface area contributed by atoms with Crippen LogP contribution in [0.25, 0.3) is 0 Å². The predicted octanol–water partition coefficient (Wildman–Crippen LogP) is 2.84. The van der Waals surface area contributed by atoms with Crippen molar-refractivity contribution in [3.63, 3.8) is 0 Å². The normalized spacial score (nSPS) is 17.4. The maximum absolute atomic E-state index is 12.8. The summed E-state index contributed by atoms with van der Waals surface area (Å²) in [5, 5.41) is 0.962. The van der Waals surface area contributed by atoms with E-state index < -0.39 is 0 Å². The fraction of sp³-hybridized carbons (Fsp3) is 0.529. The summed E-state index contributed by atoms with van der Waals surface area (Å²) in [5.41, 5.74) is 0.917. The van der Waals surface area contributed by atoms with Gasteiger partial charge >= 0.3 is 0 Å². The maximum Gasteiger partial charge on any atom is 0.228 e. The highest BCUT2D eigenvalue weighted by molar-refractivity contribution is 6.42. The standard InChI is InChI=1S/C17H22Cl2N2O3/c1-3-20(10-12-4-5-14(18)15(19)8-12)17(23)13-9-16(22)21(11-13)6-7-24-2/h4-5,8,13H,3,6-7,9-11H2,1-2H3. The SMILES string of the molecule is CCN(Cc1ccc(Cl)c(Cl)c1)C(=O)C1CC(=O)N(CCOC)C1. The third-order valence-electron chi connectivity index (χ3n) is 4.18. The van der Waals surface area contributed by atoms with Crippen LogP contribution >= 0.6 is 23.2 Å². The molecule has 1 heterocycles. The Morgan fingerprint density at radius 1 is 1.38 bits per heavy atom. The lowest BCUT2D eigenvalue weighted by molar-refractivity contribution is -0.136. The molecule has 0 radical (unpaired) electrons.